The molecule has 0 radical (unpaired) electrons. The van der Waals surface area contributed by atoms with Gasteiger partial charge in [-0.05, 0) is 61.2 Å². The van der Waals surface area contributed by atoms with Crippen LogP contribution in [0.4, 0.5) is 0 Å². The van der Waals surface area contributed by atoms with E-state index >= 15 is 0 Å². The summed E-state index contributed by atoms with van der Waals surface area (Å²) in [6.07, 6.45) is 6.50. The minimum absolute atomic E-state index is 0.0228. The molecular formula is C24H44O5. The highest BCUT2D eigenvalue weighted by Gasteiger charge is 2.33. The van der Waals surface area contributed by atoms with E-state index in [1.807, 2.05) is 0 Å². The molecule has 6 unspecified atom stereocenters. The third-order valence-corrected chi connectivity index (χ3v) is 6.77. The number of esters is 1. The number of aliphatic hydroxyl groups is 1. The summed E-state index contributed by atoms with van der Waals surface area (Å²) in [6, 6.07) is 0. The minimum Gasteiger partial charge on any atom is -0.481 e. The van der Waals surface area contributed by atoms with Gasteiger partial charge in [0.05, 0.1) is 18.9 Å². The first-order chi connectivity index (χ1) is 13.5. The molecule has 0 aliphatic heterocycles. The van der Waals surface area contributed by atoms with Crippen LogP contribution in [0.1, 0.15) is 92.9 Å². The molecule has 2 fully saturated rings. The van der Waals surface area contributed by atoms with Crippen molar-refractivity contribution in [3.05, 3.63) is 0 Å². The van der Waals surface area contributed by atoms with Gasteiger partial charge in [-0.25, -0.2) is 0 Å². The van der Waals surface area contributed by atoms with Crippen LogP contribution < -0.4 is 0 Å². The molecule has 0 aromatic heterocycles. The number of carbonyl (C=O) groups is 2. The van der Waals surface area contributed by atoms with E-state index in [0.717, 1.165) is 25.2 Å². The average molecular weight is 413 g/mol. The van der Waals surface area contributed by atoms with Crippen molar-refractivity contribution in [2.24, 2.45) is 35.5 Å². The standard InChI is InChI=1S/C14H24O4.C10H20O/c1-9(2)11-5-4-10(3)8-12(11)18-14(17)7-6-13(15)16;1-7(2)9-5-4-8(3)6-10(9)11/h9-12H,4-8H2,1-3H3,(H,15,16);7-11H,4-6H2,1-3H3. The molecule has 0 saturated heterocycles. The molecule has 0 amide bonds. The number of carbonyl (C=O) groups excluding carboxylic acids is 1. The Labute approximate surface area is 177 Å². The number of hydrogen-bond donors (Lipinski definition) is 2. The third kappa shape index (κ3) is 9.50. The number of ether oxygens (including phenoxy) is 1. The van der Waals surface area contributed by atoms with Gasteiger partial charge in [-0.2, -0.15) is 0 Å². The number of carboxylic acid groups (broad SMARTS) is 1. The van der Waals surface area contributed by atoms with Crippen LogP contribution in [0.2, 0.25) is 0 Å². The van der Waals surface area contributed by atoms with Gasteiger partial charge in [0.2, 0.25) is 0 Å². The normalized spacial score (nSPS) is 32.4. The molecule has 2 aliphatic carbocycles. The molecule has 2 N–H and O–H groups in total. The lowest BCUT2D eigenvalue weighted by Gasteiger charge is -2.36. The minimum atomic E-state index is -0.954. The molecule has 29 heavy (non-hydrogen) atoms. The zero-order valence-corrected chi connectivity index (χ0v) is 19.4. The number of aliphatic carboxylic acids is 1. The molecule has 2 aliphatic rings. The lowest BCUT2D eigenvalue weighted by molar-refractivity contribution is -0.158. The highest BCUT2D eigenvalue weighted by molar-refractivity contribution is 5.76. The maximum absolute atomic E-state index is 11.6. The summed E-state index contributed by atoms with van der Waals surface area (Å²) in [5.41, 5.74) is 0. The Morgan fingerprint density at radius 2 is 1.38 bits per heavy atom. The fourth-order valence-corrected chi connectivity index (χ4v) is 4.84. The summed E-state index contributed by atoms with van der Waals surface area (Å²) in [6.45, 7) is 13.1. The van der Waals surface area contributed by atoms with Crippen molar-refractivity contribution < 1.29 is 24.5 Å². The van der Waals surface area contributed by atoms with Crippen LogP contribution in [0.25, 0.3) is 0 Å². The predicted octanol–water partition coefficient (Wildman–Crippen LogP) is 5.29. The molecular weight excluding hydrogens is 368 g/mol. The van der Waals surface area contributed by atoms with Crippen molar-refractivity contribution in [3.63, 3.8) is 0 Å². The lowest BCUT2D eigenvalue weighted by Crippen LogP contribution is -2.35. The molecule has 2 saturated carbocycles. The molecule has 0 bridgehead atoms. The van der Waals surface area contributed by atoms with Gasteiger partial charge in [-0.1, -0.05) is 54.4 Å². The molecule has 0 heterocycles. The van der Waals surface area contributed by atoms with Gasteiger partial charge in [0, 0.05) is 0 Å². The number of hydrogen-bond acceptors (Lipinski definition) is 4. The van der Waals surface area contributed by atoms with E-state index in [0.29, 0.717) is 29.6 Å². The van der Waals surface area contributed by atoms with Crippen molar-refractivity contribution in [1.82, 2.24) is 0 Å². The topological polar surface area (TPSA) is 83.8 Å². The van der Waals surface area contributed by atoms with E-state index in [2.05, 4.69) is 41.5 Å². The summed E-state index contributed by atoms with van der Waals surface area (Å²) < 4.78 is 5.48. The van der Waals surface area contributed by atoms with Gasteiger partial charge < -0.3 is 14.9 Å². The van der Waals surface area contributed by atoms with Gasteiger partial charge >= 0.3 is 11.9 Å². The summed E-state index contributed by atoms with van der Waals surface area (Å²) in [4.78, 5) is 22.0. The van der Waals surface area contributed by atoms with E-state index in [-0.39, 0.29) is 31.0 Å². The van der Waals surface area contributed by atoms with Crippen LogP contribution in [-0.4, -0.2) is 34.4 Å². The highest BCUT2D eigenvalue weighted by atomic mass is 16.5. The quantitative estimate of drug-likeness (QED) is 0.579. The number of rotatable bonds is 6. The van der Waals surface area contributed by atoms with Crippen molar-refractivity contribution in [3.8, 4) is 0 Å². The zero-order valence-electron chi connectivity index (χ0n) is 19.4. The van der Waals surface area contributed by atoms with Gasteiger partial charge in [0.15, 0.2) is 0 Å². The van der Waals surface area contributed by atoms with Gasteiger partial charge in [-0.15, -0.1) is 0 Å². The van der Waals surface area contributed by atoms with Crippen LogP contribution in [0.15, 0.2) is 0 Å². The number of aliphatic hydroxyl groups excluding tert-OH is 1. The Bertz CT molecular complexity index is 501. The average Bonchev–Trinajstić information content (AvgIpc) is 2.60. The first-order valence-corrected chi connectivity index (χ1v) is 11.6. The molecule has 170 valence electrons. The Morgan fingerprint density at radius 3 is 1.86 bits per heavy atom. The van der Waals surface area contributed by atoms with Crippen LogP contribution in [0, 0.1) is 35.5 Å². The van der Waals surface area contributed by atoms with Crippen molar-refractivity contribution >= 4 is 11.9 Å². The Balaban J connectivity index is 0.000000326. The van der Waals surface area contributed by atoms with Crippen LogP contribution >= 0.6 is 0 Å². The van der Waals surface area contributed by atoms with E-state index in [4.69, 9.17) is 9.84 Å². The molecule has 5 heteroatoms. The SMILES string of the molecule is CC1CCC(C(C)C)C(O)C1.CC1CCC(C(C)C)C(OC(=O)CCC(=O)O)C1. The van der Waals surface area contributed by atoms with Gasteiger partial charge in [0.1, 0.15) is 6.10 Å². The molecule has 2 rings (SSSR count). The zero-order chi connectivity index (χ0) is 22.1. The summed E-state index contributed by atoms with van der Waals surface area (Å²) in [5, 5.41) is 18.3. The highest BCUT2D eigenvalue weighted by Crippen LogP contribution is 2.35. The van der Waals surface area contributed by atoms with E-state index in [9.17, 15) is 14.7 Å². The van der Waals surface area contributed by atoms with Crippen molar-refractivity contribution in [1.29, 1.82) is 0 Å². The largest absolute Gasteiger partial charge is 0.481 e. The second kappa shape index (κ2) is 12.6. The number of carboxylic acids is 1. The van der Waals surface area contributed by atoms with E-state index < -0.39 is 5.97 Å². The molecule has 0 aromatic carbocycles. The third-order valence-electron chi connectivity index (χ3n) is 6.77. The van der Waals surface area contributed by atoms with Gasteiger partial charge in [0.25, 0.3) is 0 Å². The van der Waals surface area contributed by atoms with Crippen molar-refractivity contribution in [2.45, 2.75) is 105 Å². The summed E-state index contributed by atoms with van der Waals surface area (Å²) in [7, 11) is 0. The monoisotopic (exact) mass is 412 g/mol. The summed E-state index contributed by atoms with van der Waals surface area (Å²) in [5.74, 6) is 2.11. The first kappa shape index (κ1) is 25.9. The van der Waals surface area contributed by atoms with Crippen LogP contribution in [0.5, 0.6) is 0 Å². The molecule has 0 aromatic rings. The van der Waals surface area contributed by atoms with Crippen LogP contribution in [0.3, 0.4) is 0 Å². The fraction of sp³-hybridized carbons (Fsp3) is 0.917. The maximum Gasteiger partial charge on any atom is 0.306 e. The Morgan fingerprint density at radius 1 is 0.862 bits per heavy atom. The second-order valence-corrected chi connectivity index (χ2v) is 10.1. The Hall–Kier alpha value is -1.10. The van der Waals surface area contributed by atoms with Gasteiger partial charge in [-0.3, -0.25) is 9.59 Å². The summed E-state index contributed by atoms with van der Waals surface area (Å²) >= 11 is 0. The second-order valence-electron chi connectivity index (χ2n) is 10.1. The van der Waals surface area contributed by atoms with Crippen LogP contribution in [-0.2, 0) is 14.3 Å². The van der Waals surface area contributed by atoms with E-state index in [1.165, 1.54) is 19.3 Å². The van der Waals surface area contributed by atoms with E-state index in [1.54, 1.807) is 0 Å². The molecule has 0 spiro atoms. The molecule has 5 nitrogen and oxygen atoms in total. The first-order valence-electron chi connectivity index (χ1n) is 11.6. The van der Waals surface area contributed by atoms with Crippen molar-refractivity contribution in [2.75, 3.05) is 0 Å². The Kier molecular flexibility index (Phi) is 11.2. The molecule has 6 atom stereocenters. The fourth-order valence-electron chi connectivity index (χ4n) is 4.84. The smallest absolute Gasteiger partial charge is 0.306 e. The lowest BCUT2D eigenvalue weighted by atomic mass is 9.75. The maximum atomic E-state index is 11.6. The predicted molar refractivity (Wildman–Crippen MR) is 115 cm³/mol.